The lowest BCUT2D eigenvalue weighted by Crippen LogP contribution is -2.43. The molecule has 0 aliphatic carbocycles. The van der Waals surface area contributed by atoms with Crippen LogP contribution in [0.4, 0.5) is 4.79 Å². The topological polar surface area (TPSA) is 109 Å². The average molecular weight is 473 g/mol. The monoisotopic (exact) mass is 472 g/mol. The molecule has 4 amide bonds. The van der Waals surface area contributed by atoms with Crippen LogP contribution >= 0.6 is 0 Å². The van der Waals surface area contributed by atoms with Crippen molar-refractivity contribution in [2.24, 2.45) is 0 Å². The zero-order valence-corrected chi connectivity index (χ0v) is 19.8. The number of aromatic nitrogens is 3. The molecule has 0 saturated carbocycles. The molecule has 180 valence electrons. The van der Waals surface area contributed by atoms with Gasteiger partial charge >= 0.3 is 6.03 Å². The van der Waals surface area contributed by atoms with Crippen LogP contribution < -0.4 is 10.6 Å². The van der Waals surface area contributed by atoms with Crippen molar-refractivity contribution in [1.82, 2.24) is 30.5 Å². The van der Waals surface area contributed by atoms with Crippen molar-refractivity contribution in [3.8, 4) is 5.69 Å². The minimum absolute atomic E-state index is 0.0382. The lowest BCUT2D eigenvalue weighted by molar-refractivity contribution is -0.124. The number of benzene rings is 2. The van der Waals surface area contributed by atoms with E-state index in [4.69, 9.17) is 0 Å². The van der Waals surface area contributed by atoms with Gasteiger partial charge in [0, 0.05) is 24.6 Å². The van der Waals surface area contributed by atoms with Crippen LogP contribution in [0.1, 0.15) is 59.3 Å². The Morgan fingerprint density at radius 2 is 1.74 bits per heavy atom. The molecule has 2 aliphatic heterocycles. The van der Waals surface area contributed by atoms with Gasteiger partial charge in [-0.2, -0.15) is 0 Å². The Labute approximate surface area is 203 Å². The van der Waals surface area contributed by atoms with Gasteiger partial charge in [0.25, 0.3) is 11.8 Å². The lowest BCUT2D eigenvalue weighted by Gasteiger charge is -2.31. The summed E-state index contributed by atoms with van der Waals surface area (Å²) >= 11 is 0. The van der Waals surface area contributed by atoms with Gasteiger partial charge in [0.15, 0.2) is 0 Å². The molecule has 3 heterocycles. The third-order valence-corrected chi connectivity index (χ3v) is 7.11. The van der Waals surface area contributed by atoms with Crippen molar-refractivity contribution in [3.63, 3.8) is 0 Å². The van der Waals surface area contributed by atoms with Crippen LogP contribution in [0.3, 0.4) is 0 Å². The van der Waals surface area contributed by atoms with Gasteiger partial charge in [0.2, 0.25) is 0 Å². The number of hydrogen-bond donors (Lipinski definition) is 2. The number of rotatable bonds is 5. The molecule has 1 atom stereocenters. The maximum Gasteiger partial charge on any atom is 0.322 e. The third kappa shape index (κ3) is 4.18. The molecule has 0 spiro atoms. The van der Waals surface area contributed by atoms with E-state index in [0.717, 1.165) is 24.2 Å². The molecule has 2 N–H and O–H groups in total. The molecule has 9 heteroatoms. The van der Waals surface area contributed by atoms with E-state index in [1.165, 1.54) is 5.56 Å². The van der Waals surface area contributed by atoms with Crippen molar-refractivity contribution >= 4 is 17.8 Å². The van der Waals surface area contributed by atoms with Crippen molar-refractivity contribution in [2.45, 2.75) is 44.6 Å². The number of hydrogen-bond acceptors (Lipinski definition) is 5. The first-order valence-electron chi connectivity index (χ1n) is 11.9. The van der Waals surface area contributed by atoms with E-state index in [1.807, 2.05) is 42.3 Å². The molecular formula is C26H28N6O3. The van der Waals surface area contributed by atoms with Gasteiger partial charge in [0.1, 0.15) is 5.54 Å². The number of urea groups is 1. The summed E-state index contributed by atoms with van der Waals surface area (Å²) in [5, 5.41) is 13.7. The van der Waals surface area contributed by atoms with Crippen LogP contribution in [0, 0.1) is 6.92 Å². The van der Waals surface area contributed by atoms with Crippen LogP contribution in [0.25, 0.3) is 5.69 Å². The third-order valence-electron chi connectivity index (χ3n) is 7.11. The van der Waals surface area contributed by atoms with Crippen LogP contribution in [0.2, 0.25) is 0 Å². The lowest BCUT2D eigenvalue weighted by atomic mass is 9.87. The SMILES string of the molecule is CC[C@]1(c2ccc(C(=O)N3CCC(c4cn(-c5ccc(C)cc5)nn4)CC3)cc2)NC(=O)NC1=O. The average Bonchev–Trinajstić information content (AvgIpc) is 3.49. The number of imide groups is 1. The summed E-state index contributed by atoms with van der Waals surface area (Å²) in [5.41, 5.74) is 3.26. The predicted octanol–water partition coefficient (Wildman–Crippen LogP) is 3.04. The number of aryl methyl sites for hydroxylation is 1. The van der Waals surface area contributed by atoms with E-state index in [-0.39, 0.29) is 17.7 Å². The normalized spacial score (nSPS) is 20.6. The summed E-state index contributed by atoms with van der Waals surface area (Å²) in [4.78, 5) is 39.0. The summed E-state index contributed by atoms with van der Waals surface area (Å²) in [6, 6.07) is 14.6. The van der Waals surface area contributed by atoms with Crippen molar-refractivity contribution in [2.75, 3.05) is 13.1 Å². The second kappa shape index (κ2) is 8.98. The molecule has 5 rings (SSSR count). The minimum atomic E-state index is -1.09. The van der Waals surface area contributed by atoms with Gasteiger partial charge in [-0.15, -0.1) is 5.10 Å². The molecule has 35 heavy (non-hydrogen) atoms. The van der Waals surface area contributed by atoms with Gasteiger partial charge in [-0.25, -0.2) is 9.48 Å². The maximum absolute atomic E-state index is 13.1. The molecule has 2 saturated heterocycles. The Hall–Kier alpha value is -4.01. The first kappa shape index (κ1) is 22.8. The molecule has 2 aromatic carbocycles. The van der Waals surface area contributed by atoms with Gasteiger partial charge in [-0.05, 0) is 56.0 Å². The molecule has 2 fully saturated rings. The summed E-state index contributed by atoms with van der Waals surface area (Å²) < 4.78 is 1.80. The van der Waals surface area contributed by atoms with E-state index >= 15 is 0 Å². The molecule has 3 aromatic rings. The summed E-state index contributed by atoms with van der Waals surface area (Å²) in [7, 11) is 0. The van der Waals surface area contributed by atoms with Gasteiger partial charge in [-0.3, -0.25) is 14.9 Å². The fraction of sp³-hybridized carbons (Fsp3) is 0.346. The van der Waals surface area contributed by atoms with E-state index in [1.54, 1.807) is 28.9 Å². The highest BCUT2D eigenvalue weighted by atomic mass is 16.2. The number of carbonyl (C=O) groups excluding carboxylic acids is 3. The highest BCUT2D eigenvalue weighted by Crippen LogP contribution is 2.30. The van der Waals surface area contributed by atoms with Crippen LogP contribution in [-0.2, 0) is 10.3 Å². The molecule has 2 aliphatic rings. The Kier molecular flexibility index (Phi) is 5.84. The number of amides is 4. The van der Waals surface area contributed by atoms with Crippen LogP contribution in [-0.4, -0.2) is 50.8 Å². The Bertz CT molecular complexity index is 1260. The van der Waals surface area contributed by atoms with Gasteiger partial charge < -0.3 is 10.2 Å². The van der Waals surface area contributed by atoms with Crippen LogP contribution in [0.15, 0.2) is 54.7 Å². The van der Waals surface area contributed by atoms with E-state index in [0.29, 0.717) is 30.6 Å². The van der Waals surface area contributed by atoms with Gasteiger partial charge in [0.05, 0.1) is 17.6 Å². The number of piperidine rings is 1. The molecule has 0 bridgehead atoms. The molecule has 9 nitrogen and oxygen atoms in total. The van der Waals surface area contributed by atoms with E-state index in [9.17, 15) is 14.4 Å². The van der Waals surface area contributed by atoms with Gasteiger partial charge in [-0.1, -0.05) is 42.0 Å². The molecule has 0 unspecified atom stereocenters. The number of likely N-dealkylation sites (tertiary alicyclic amines) is 1. The second-order valence-electron chi connectivity index (χ2n) is 9.23. The summed E-state index contributed by atoms with van der Waals surface area (Å²) in [5.74, 6) is -0.149. The highest BCUT2D eigenvalue weighted by molar-refractivity contribution is 6.07. The predicted molar refractivity (Wildman–Crippen MR) is 129 cm³/mol. The zero-order valence-electron chi connectivity index (χ0n) is 19.8. The molecular weight excluding hydrogens is 444 g/mol. The molecule has 0 radical (unpaired) electrons. The quantitative estimate of drug-likeness (QED) is 0.555. The Balaban J connectivity index is 1.22. The first-order chi connectivity index (χ1) is 16.9. The maximum atomic E-state index is 13.1. The number of nitrogens with zero attached hydrogens (tertiary/aromatic N) is 4. The zero-order chi connectivity index (χ0) is 24.6. The summed E-state index contributed by atoms with van der Waals surface area (Å²) in [6.07, 6.45) is 4.04. The smallest absolute Gasteiger partial charge is 0.322 e. The largest absolute Gasteiger partial charge is 0.339 e. The second-order valence-corrected chi connectivity index (χ2v) is 9.23. The highest BCUT2D eigenvalue weighted by Gasteiger charge is 2.46. The molecule has 1 aromatic heterocycles. The Morgan fingerprint density at radius 1 is 1.06 bits per heavy atom. The van der Waals surface area contributed by atoms with Crippen LogP contribution in [0.5, 0.6) is 0 Å². The fourth-order valence-corrected chi connectivity index (χ4v) is 4.89. The Morgan fingerprint density at radius 3 is 2.34 bits per heavy atom. The van der Waals surface area contributed by atoms with E-state index in [2.05, 4.69) is 27.9 Å². The van der Waals surface area contributed by atoms with Crippen molar-refractivity contribution in [1.29, 1.82) is 0 Å². The fourth-order valence-electron chi connectivity index (χ4n) is 4.89. The first-order valence-corrected chi connectivity index (χ1v) is 11.9. The number of carbonyl (C=O) groups is 3. The minimum Gasteiger partial charge on any atom is -0.339 e. The standard InChI is InChI=1S/C26H28N6O3/c1-3-26(24(34)27-25(35)28-26)20-8-6-19(7-9-20)23(33)31-14-12-18(13-15-31)22-16-32(30-29-22)21-10-4-17(2)5-11-21/h4-11,16,18H,3,12-15H2,1-2H3,(H2,27,28,34,35)/t26-/m1/s1. The van der Waals surface area contributed by atoms with E-state index < -0.39 is 11.6 Å². The van der Waals surface area contributed by atoms with Crippen molar-refractivity contribution < 1.29 is 14.4 Å². The van der Waals surface area contributed by atoms with Crippen molar-refractivity contribution in [3.05, 3.63) is 77.1 Å². The number of nitrogens with one attached hydrogen (secondary N) is 2. The summed E-state index contributed by atoms with van der Waals surface area (Å²) in [6.45, 7) is 5.17.